The van der Waals surface area contributed by atoms with Crippen molar-refractivity contribution >= 4 is 0 Å². The van der Waals surface area contributed by atoms with Crippen LogP contribution < -0.4 is 5.32 Å². The Balaban J connectivity index is 1.77. The van der Waals surface area contributed by atoms with Crippen molar-refractivity contribution in [2.24, 2.45) is 0 Å². The number of hydrogen-bond donors (Lipinski definition) is 1. The fourth-order valence-corrected chi connectivity index (χ4v) is 1.97. The summed E-state index contributed by atoms with van der Waals surface area (Å²) in [6, 6.07) is 0.650. The van der Waals surface area contributed by atoms with Crippen LogP contribution in [0.4, 0.5) is 0 Å². The minimum absolute atomic E-state index is 0.650. The second-order valence-corrected chi connectivity index (χ2v) is 4.51. The van der Waals surface area contributed by atoms with Gasteiger partial charge in [-0.05, 0) is 19.3 Å². The van der Waals surface area contributed by atoms with Crippen molar-refractivity contribution in [3.8, 4) is 0 Å². The number of rotatable bonds is 9. The Kier molecular flexibility index (Phi) is 8.77. The van der Waals surface area contributed by atoms with Gasteiger partial charge in [0.15, 0.2) is 0 Å². The van der Waals surface area contributed by atoms with Crippen molar-refractivity contribution in [1.29, 1.82) is 0 Å². The highest BCUT2D eigenvalue weighted by Crippen LogP contribution is 2.05. The molecular formula is C13H27NO2. The van der Waals surface area contributed by atoms with Crippen LogP contribution in [-0.2, 0) is 9.47 Å². The fraction of sp³-hybridized carbons (Fsp3) is 1.00. The van der Waals surface area contributed by atoms with E-state index >= 15 is 0 Å². The first-order chi connectivity index (χ1) is 7.93. The molecule has 0 amide bonds. The summed E-state index contributed by atoms with van der Waals surface area (Å²) in [6.07, 6.45) is 7.46. The van der Waals surface area contributed by atoms with Gasteiger partial charge >= 0.3 is 0 Å². The van der Waals surface area contributed by atoms with E-state index in [2.05, 4.69) is 12.2 Å². The van der Waals surface area contributed by atoms with Gasteiger partial charge in [0.05, 0.1) is 6.61 Å². The number of ether oxygens (including phenoxy) is 2. The lowest BCUT2D eigenvalue weighted by atomic mass is 10.1. The minimum Gasteiger partial charge on any atom is -0.381 e. The molecule has 1 rings (SSSR count). The maximum absolute atomic E-state index is 5.58. The van der Waals surface area contributed by atoms with Gasteiger partial charge in [0, 0.05) is 32.4 Å². The zero-order valence-corrected chi connectivity index (χ0v) is 10.7. The average Bonchev–Trinajstić information content (AvgIpc) is 2.34. The van der Waals surface area contributed by atoms with Gasteiger partial charge in [0.25, 0.3) is 0 Å². The Hall–Kier alpha value is -0.120. The van der Waals surface area contributed by atoms with E-state index in [4.69, 9.17) is 9.47 Å². The summed E-state index contributed by atoms with van der Waals surface area (Å²) in [5.74, 6) is 0. The van der Waals surface area contributed by atoms with Crippen molar-refractivity contribution in [2.75, 3.05) is 33.0 Å². The first-order valence-corrected chi connectivity index (χ1v) is 6.82. The Morgan fingerprint density at radius 3 is 2.69 bits per heavy atom. The van der Waals surface area contributed by atoms with Gasteiger partial charge in [0.2, 0.25) is 0 Å². The molecular weight excluding hydrogens is 202 g/mol. The highest BCUT2D eigenvalue weighted by molar-refractivity contribution is 4.69. The van der Waals surface area contributed by atoms with E-state index in [1.54, 1.807) is 0 Å². The van der Waals surface area contributed by atoms with E-state index in [9.17, 15) is 0 Å². The van der Waals surface area contributed by atoms with Crippen LogP contribution in [0.2, 0.25) is 0 Å². The normalized spacial score (nSPS) is 17.8. The molecule has 1 fully saturated rings. The second-order valence-electron chi connectivity index (χ2n) is 4.51. The van der Waals surface area contributed by atoms with Gasteiger partial charge in [-0.2, -0.15) is 0 Å². The zero-order chi connectivity index (χ0) is 11.5. The highest BCUT2D eigenvalue weighted by Gasteiger charge is 2.11. The van der Waals surface area contributed by atoms with E-state index in [0.717, 1.165) is 45.8 Å². The summed E-state index contributed by atoms with van der Waals surface area (Å²) in [7, 11) is 0. The van der Waals surface area contributed by atoms with Gasteiger partial charge in [0.1, 0.15) is 0 Å². The summed E-state index contributed by atoms with van der Waals surface area (Å²) >= 11 is 0. The highest BCUT2D eigenvalue weighted by atomic mass is 16.5. The van der Waals surface area contributed by atoms with E-state index in [0.29, 0.717) is 6.04 Å². The summed E-state index contributed by atoms with van der Waals surface area (Å²) in [5, 5.41) is 3.52. The van der Waals surface area contributed by atoms with E-state index in [-0.39, 0.29) is 0 Å². The lowest BCUT2D eigenvalue weighted by Crippen LogP contribution is -2.36. The van der Waals surface area contributed by atoms with Gasteiger partial charge in [-0.3, -0.25) is 0 Å². The molecule has 3 heteroatoms. The quantitative estimate of drug-likeness (QED) is 0.616. The lowest BCUT2D eigenvalue weighted by Gasteiger charge is -2.23. The van der Waals surface area contributed by atoms with Gasteiger partial charge < -0.3 is 14.8 Å². The van der Waals surface area contributed by atoms with Crippen LogP contribution in [0.25, 0.3) is 0 Å². The van der Waals surface area contributed by atoms with Crippen LogP contribution in [0.3, 0.4) is 0 Å². The molecule has 96 valence electrons. The molecule has 0 aliphatic carbocycles. The first kappa shape index (κ1) is 13.9. The lowest BCUT2D eigenvalue weighted by molar-refractivity contribution is 0.0727. The van der Waals surface area contributed by atoms with Crippen LogP contribution in [0.15, 0.2) is 0 Å². The molecule has 1 saturated heterocycles. The maximum atomic E-state index is 5.58. The van der Waals surface area contributed by atoms with Crippen molar-refractivity contribution in [3.05, 3.63) is 0 Å². The van der Waals surface area contributed by atoms with Crippen molar-refractivity contribution in [2.45, 2.75) is 51.5 Å². The molecule has 1 aliphatic rings. The predicted octanol–water partition coefficient (Wildman–Crippen LogP) is 2.35. The standard InChI is InChI=1S/C13H27NO2/c1-2-3-4-5-9-15-12-8-14-13-6-10-16-11-7-13/h13-14H,2-12H2,1H3. The molecule has 0 unspecified atom stereocenters. The van der Waals surface area contributed by atoms with Crippen LogP contribution in [-0.4, -0.2) is 39.0 Å². The second kappa shape index (κ2) is 10.1. The molecule has 3 nitrogen and oxygen atoms in total. The molecule has 0 aromatic rings. The van der Waals surface area contributed by atoms with Gasteiger partial charge in [-0.25, -0.2) is 0 Å². The summed E-state index contributed by atoms with van der Waals surface area (Å²) in [5.41, 5.74) is 0. The summed E-state index contributed by atoms with van der Waals surface area (Å²) in [4.78, 5) is 0. The Labute approximate surface area is 99.9 Å². The molecule has 16 heavy (non-hydrogen) atoms. The third-order valence-electron chi connectivity index (χ3n) is 3.04. The van der Waals surface area contributed by atoms with E-state index < -0.39 is 0 Å². The Bertz CT molecular complexity index is 147. The first-order valence-electron chi connectivity index (χ1n) is 6.82. The molecule has 1 heterocycles. The van der Waals surface area contributed by atoms with E-state index in [1.165, 1.54) is 25.7 Å². The summed E-state index contributed by atoms with van der Waals surface area (Å²) < 4.78 is 10.9. The maximum Gasteiger partial charge on any atom is 0.0591 e. The van der Waals surface area contributed by atoms with E-state index in [1.807, 2.05) is 0 Å². The third kappa shape index (κ3) is 7.20. The van der Waals surface area contributed by atoms with Crippen LogP contribution in [0, 0.1) is 0 Å². The molecule has 0 atom stereocenters. The van der Waals surface area contributed by atoms with Gasteiger partial charge in [-0.1, -0.05) is 26.2 Å². The molecule has 0 aromatic heterocycles. The number of unbranched alkanes of at least 4 members (excludes halogenated alkanes) is 3. The smallest absolute Gasteiger partial charge is 0.0591 e. The zero-order valence-electron chi connectivity index (χ0n) is 10.7. The largest absolute Gasteiger partial charge is 0.381 e. The third-order valence-corrected chi connectivity index (χ3v) is 3.04. The molecule has 0 spiro atoms. The predicted molar refractivity (Wildman–Crippen MR) is 66.8 cm³/mol. The fourth-order valence-electron chi connectivity index (χ4n) is 1.97. The number of hydrogen-bond acceptors (Lipinski definition) is 3. The Morgan fingerprint density at radius 1 is 1.12 bits per heavy atom. The topological polar surface area (TPSA) is 30.5 Å². The number of nitrogens with one attached hydrogen (secondary N) is 1. The minimum atomic E-state index is 0.650. The molecule has 0 bridgehead atoms. The monoisotopic (exact) mass is 229 g/mol. The molecule has 0 aromatic carbocycles. The van der Waals surface area contributed by atoms with Gasteiger partial charge in [-0.15, -0.1) is 0 Å². The average molecular weight is 229 g/mol. The molecule has 0 radical (unpaired) electrons. The molecule has 1 aliphatic heterocycles. The molecule has 1 N–H and O–H groups in total. The Morgan fingerprint density at radius 2 is 1.94 bits per heavy atom. The van der Waals surface area contributed by atoms with Crippen molar-refractivity contribution < 1.29 is 9.47 Å². The van der Waals surface area contributed by atoms with Crippen LogP contribution in [0.1, 0.15) is 45.4 Å². The SMILES string of the molecule is CCCCCCOCCNC1CCOCC1. The molecule has 0 saturated carbocycles. The van der Waals surface area contributed by atoms with Crippen LogP contribution in [0.5, 0.6) is 0 Å². The van der Waals surface area contributed by atoms with Crippen molar-refractivity contribution in [3.63, 3.8) is 0 Å². The van der Waals surface area contributed by atoms with Crippen molar-refractivity contribution in [1.82, 2.24) is 5.32 Å². The van der Waals surface area contributed by atoms with Crippen LogP contribution >= 0.6 is 0 Å². The summed E-state index contributed by atoms with van der Waals surface area (Å²) in [6.45, 7) is 6.82.